The molecule has 0 aliphatic carbocycles. The second kappa shape index (κ2) is 4.34. The van der Waals surface area contributed by atoms with E-state index in [4.69, 9.17) is 4.74 Å². The predicted octanol–water partition coefficient (Wildman–Crippen LogP) is 0.795. The van der Waals surface area contributed by atoms with Gasteiger partial charge >= 0.3 is 5.97 Å². The van der Waals surface area contributed by atoms with Crippen LogP contribution < -0.4 is 5.32 Å². The molecule has 0 amide bonds. The molecule has 0 bridgehead atoms. The van der Waals surface area contributed by atoms with E-state index in [1.54, 1.807) is 7.05 Å². The molecular formula is C8H17NO2. The van der Waals surface area contributed by atoms with Gasteiger partial charge < -0.3 is 10.1 Å². The lowest BCUT2D eigenvalue weighted by molar-refractivity contribution is -0.145. The molecule has 0 atom stereocenters. The highest BCUT2D eigenvalue weighted by atomic mass is 16.5. The summed E-state index contributed by atoms with van der Waals surface area (Å²) >= 11 is 0. The van der Waals surface area contributed by atoms with E-state index in [2.05, 4.69) is 5.32 Å². The van der Waals surface area contributed by atoms with Gasteiger partial charge in [-0.2, -0.15) is 0 Å². The molecule has 0 aliphatic heterocycles. The van der Waals surface area contributed by atoms with Gasteiger partial charge in [0.2, 0.25) is 0 Å². The van der Waals surface area contributed by atoms with Gasteiger partial charge in [-0.3, -0.25) is 4.79 Å². The first-order valence-electron chi connectivity index (χ1n) is 3.76. The molecule has 0 aromatic heterocycles. The molecule has 1 N–H and O–H groups in total. The van der Waals surface area contributed by atoms with Crippen molar-refractivity contribution >= 4 is 5.97 Å². The largest absolute Gasteiger partial charge is 0.464 e. The van der Waals surface area contributed by atoms with E-state index in [0.717, 1.165) is 0 Å². The molecule has 0 rings (SSSR count). The van der Waals surface area contributed by atoms with E-state index >= 15 is 0 Å². The standard InChI is InChI=1S/C8H17NO2/c1-8(2,3)6-11-7(10)5-9-4/h9H,5-6H2,1-4H3. The van der Waals surface area contributed by atoms with Crippen molar-refractivity contribution in [3.05, 3.63) is 0 Å². The van der Waals surface area contributed by atoms with Gasteiger partial charge in [-0.1, -0.05) is 20.8 Å². The van der Waals surface area contributed by atoms with Crippen LogP contribution in [0.15, 0.2) is 0 Å². The third-order valence-electron chi connectivity index (χ3n) is 0.987. The maximum atomic E-state index is 10.8. The zero-order valence-electron chi connectivity index (χ0n) is 7.73. The van der Waals surface area contributed by atoms with Crippen molar-refractivity contribution in [2.75, 3.05) is 20.2 Å². The van der Waals surface area contributed by atoms with Gasteiger partial charge in [-0.05, 0) is 12.5 Å². The molecule has 66 valence electrons. The molecule has 0 aromatic carbocycles. The molecule has 0 aromatic rings. The Morgan fingerprint density at radius 3 is 2.36 bits per heavy atom. The summed E-state index contributed by atoms with van der Waals surface area (Å²) in [5, 5.41) is 2.73. The Morgan fingerprint density at radius 2 is 2.00 bits per heavy atom. The van der Waals surface area contributed by atoms with E-state index in [1.165, 1.54) is 0 Å². The van der Waals surface area contributed by atoms with E-state index in [9.17, 15) is 4.79 Å². The summed E-state index contributed by atoms with van der Waals surface area (Å²) in [6, 6.07) is 0. The minimum absolute atomic E-state index is 0.0589. The van der Waals surface area contributed by atoms with Crippen molar-refractivity contribution < 1.29 is 9.53 Å². The maximum Gasteiger partial charge on any atom is 0.319 e. The third-order valence-corrected chi connectivity index (χ3v) is 0.987. The summed E-state index contributed by atoms with van der Waals surface area (Å²) in [6.45, 7) is 6.85. The van der Waals surface area contributed by atoms with Gasteiger partial charge in [0.15, 0.2) is 0 Å². The quantitative estimate of drug-likeness (QED) is 0.619. The Kier molecular flexibility index (Phi) is 4.11. The summed E-state index contributed by atoms with van der Waals surface area (Å²) in [5.41, 5.74) is 0.0589. The Hall–Kier alpha value is -0.570. The van der Waals surface area contributed by atoms with Crippen LogP contribution in [0.4, 0.5) is 0 Å². The number of ether oxygens (including phenoxy) is 1. The number of carbonyl (C=O) groups excluding carboxylic acids is 1. The zero-order chi connectivity index (χ0) is 8.91. The van der Waals surface area contributed by atoms with Gasteiger partial charge in [0.05, 0.1) is 13.2 Å². The SMILES string of the molecule is CNCC(=O)OCC(C)(C)C. The van der Waals surface area contributed by atoms with E-state index < -0.39 is 0 Å². The second-order valence-corrected chi connectivity index (χ2v) is 3.75. The van der Waals surface area contributed by atoms with Gasteiger partial charge in [0, 0.05) is 0 Å². The Bertz CT molecular complexity index is 127. The highest BCUT2D eigenvalue weighted by molar-refractivity contribution is 5.71. The molecule has 0 heterocycles. The molecule has 3 nitrogen and oxygen atoms in total. The number of hydrogen-bond acceptors (Lipinski definition) is 3. The van der Waals surface area contributed by atoms with Crippen LogP contribution >= 0.6 is 0 Å². The van der Waals surface area contributed by atoms with Crippen LogP contribution in [0.2, 0.25) is 0 Å². The second-order valence-electron chi connectivity index (χ2n) is 3.75. The smallest absolute Gasteiger partial charge is 0.319 e. The van der Waals surface area contributed by atoms with E-state index in [-0.39, 0.29) is 17.9 Å². The molecule has 0 aliphatic rings. The third kappa shape index (κ3) is 7.33. The number of nitrogens with one attached hydrogen (secondary N) is 1. The van der Waals surface area contributed by atoms with Crippen molar-refractivity contribution in [2.45, 2.75) is 20.8 Å². The molecule has 0 saturated carbocycles. The monoisotopic (exact) mass is 159 g/mol. The molecule has 0 saturated heterocycles. The number of likely N-dealkylation sites (N-methyl/N-ethyl adjacent to an activating group) is 1. The van der Waals surface area contributed by atoms with Gasteiger partial charge in [0.25, 0.3) is 0 Å². The molecule has 11 heavy (non-hydrogen) atoms. The summed E-state index contributed by atoms with van der Waals surface area (Å²) in [4.78, 5) is 10.8. The van der Waals surface area contributed by atoms with Gasteiger partial charge in [-0.25, -0.2) is 0 Å². The van der Waals surface area contributed by atoms with Crippen LogP contribution in [0, 0.1) is 5.41 Å². The summed E-state index contributed by atoms with van der Waals surface area (Å²) < 4.78 is 4.95. The Morgan fingerprint density at radius 1 is 1.45 bits per heavy atom. The number of carbonyl (C=O) groups is 1. The van der Waals surface area contributed by atoms with Crippen molar-refractivity contribution in [3.63, 3.8) is 0 Å². The van der Waals surface area contributed by atoms with E-state index in [0.29, 0.717) is 6.61 Å². The lowest BCUT2D eigenvalue weighted by Gasteiger charge is -2.17. The van der Waals surface area contributed by atoms with Crippen LogP contribution in [0.5, 0.6) is 0 Å². The number of esters is 1. The summed E-state index contributed by atoms with van der Waals surface area (Å²) in [5.74, 6) is -0.192. The summed E-state index contributed by atoms with van der Waals surface area (Å²) in [6.07, 6.45) is 0. The highest BCUT2D eigenvalue weighted by Crippen LogP contribution is 2.12. The van der Waals surface area contributed by atoms with Crippen molar-refractivity contribution in [1.29, 1.82) is 0 Å². The van der Waals surface area contributed by atoms with Crippen molar-refractivity contribution in [2.24, 2.45) is 5.41 Å². The van der Waals surface area contributed by atoms with Crippen molar-refractivity contribution in [3.8, 4) is 0 Å². The van der Waals surface area contributed by atoms with Crippen LogP contribution in [-0.4, -0.2) is 26.2 Å². The summed E-state index contributed by atoms with van der Waals surface area (Å²) in [7, 11) is 1.72. The van der Waals surface area contributed by atoms with Crippen LogP contribution in [0.25, 0.3) is 0 Å². The molecule has 0 unspecified atom stereocenters. The highest BCUT2D eigenvalue weighted by Gasteiger charge is 2.12. The first-order valence-corrected chi connectivity index (χ1v) is 3.76. The minimum Gasteiger partial charge on any atom is -0.464 e. The number of rotatable bonds is 3. The molecular weight excluding hydrogens is 142 g/mol. The Balaban J connectivity index is 3.46. The zero-order valence-corrected chi connectivity index (χ0v) is 7.73. The molecule has 3 heteroatoms. The topological polar surface area (TPSA) is 38.3 Å². The average Bonchev–Trinajstić information content (AvgIpc) is 1.83. The maximum absolute atomic E-state index is 10.8. The fourth-order valence-corrected chi connectivity index (χ4v) is 0.492. The fourth-order valence-electron chi connectivity index (χ4n) is 0.492. The average molecular weight is 159 g/mol. The molecule has 0 radical (unpaired) electrons. The lowest BCUT2D eigenvalue weighted by atomic mass is 9.99. The van der Waals surface area contributed by atoms with Crippen LogP contribution in [0.3, 0.4) is 0 Å². The first-order chi connectivity index (χ1) is 4.95. The van der Waals surface area contributed by atoms with E-state index in [1.807, 2.05) is 20.8 Å². The minimum atomic E-state index is -0.192. The van der Waals surface area contributed by atoms with Crippen LogP contribution in [-0.2, 0) is 9.53 Å². The van der Waals surface area contributed by atoms with Gasteiger partial charge in [0.1, 0.15) is 0 Å². The number of hydrogen-bond donors (Lipinski definition) is 1. The lowest BCUT2D eigenvalue weighted by Crippen LogP contribution is -2.25. The molecule has 0 fully saturated rings. The molecule has 0 spiro atoms. The first kappa shape index (κ1) is 10.4. The van der Waals surface area contributed by atoms with Crippen molar-refractivity contribution in [1.82, 2.24) is 5.32 Å². The fraction of sp³-hybridized carbons (Fsp3) is 0.875. The van der Waals surface area contributed by atoms with Crippen LogP contribution in [0.1, 0.15) is 20.8 Å². The van der Waals surface area contributed by atoms with Gasteiger partial charge in [-0.15, -0.1) is 0 Å². The Labute approximate surface area is 68.1 Å². The normalized spacial score (nSPS) is 11.3. The predicted molar refractivity (Wildman–Crippen MR) is 44.3 cm³/mol.